The van der Waals surface area contributed by atoms with Crippen LogP contribution in [0.1, 0.15) is 5.56 Å². The van der Waals surface area contributed by atoms with Crippen LogP contribution in [-0.2, 0) is 10.0 Å². The number of anilines is 1. The molecule has 0 saturated heterocycles. The molecular formula is C13H7Cl2IN2O2S. The summed E-state index contributed by atoms with van der Waals surface area (Å²) in [6.07, 6.45) is 0. The van der Waals surface area contributed by atoms with Crippen LogP contribution < -0.4 is 4.72 Å². The lowest BCUT2D eigenvalue weighted by molar-refractivity contribution is 0.601. The van der Waals surface area contributed by atoms with Crippen LogP contribution >= 0.6 is 45.8 Å². The van der Waals surface area contributed by atoms with Crippen molar-refractivity contribution in [3.8, 4) is 6.07 Å². The molecule has 108 valence electrons. The average molecular weight is 453 g/mol. The second-order valence-electron chi connectivity index (χ2n) is 3.99. The SMILES string of the molecule is N#Cc1ccc(Cl)c(S(=O)(=O)Nc2ccc(I)cc2Cl)c1. The number of sulfonamides is 1. The fourth-order valence-corrected chi connectivity index (χ4v) is 4.12. The van der Waals surface area contributed by atoms with Crippen LogP contribution in [0.25, 0.3) is 0 Å². The summed E-state index contributed by atoms with van der Waals surface area (Å²) in [6.45, 7) is 0. The van der Waals surface area contributed by atoms with E-state index in [4.69, 9.17) is 28.5 Å². The van der Waals surface area contributed by atoms with Crippen LogP contribution in [-0.4, -0.2) is 8.42 Å². The molecule has 0 heterocycles. The molecule has 1 N–H and O–H groups in total. The van der Waals surface area contributed by atoms with E-state index in [2.05, 4.69) is 27.3 Å². The number of benzene rings is 2. The van der Waals surface area contributed by atoms with Crippen molar-refractivity contribution in [1.82, 2.24) is 0 Å². The largest absolute Gasteiger partial charge is 0.278 e. The van der Waals surface area contributed by atoms with Crippen LogP contribution in [0.5, 0.6) is 0 Å². The summed E-state index contributed by atoms with van der Waals surface area (Å²) >= 11 is 14.0. The molecule has 2 aromatic carbocycles. The maximum atomic E-state index is 12.4. The zero-order chi connectivity index (χ0) is 15.6. The highest BCUT2D eigenvalue weighted by atomic mass is 127. The minimum absolute atomic E-state index is 0.0307. The van der Waals surface area contributed by atoms with Gasteiger partial charge in [0, 0.05) is 3.57 Å². The Kier molecular flexibility index (Phi) is 4.99. The fraction of sp³-hybridized carbons (Fsp3) is 0. The first-order valence-electron chi connectivity index (χ1n) is 5.51. The number of hydrogen-bond donors (Lipinski definition) is 1. The second kappa shape index (κ2) is 6.40. The van der Waals surface area contributed by atoms with Gasteiger partial charge in [-0.3, -0.25) is 4.72 Å². The molecular weight excluding hydrogens is 446 g/mol. The summed E-state index contributed by atoms with van der Waals surface area (Å²) < 4.78 is 28.0. The Hall–Kier alpha value is -1.01. The van der Waals surface area contributed by atoms with Gasteiger partial charge >= 0.3 is 0 Å². The van der Waals surface area contributed by atoms with Gasteiger partial charge in [-0.15, -0.1) is 0 Å². The Bertz CT molecular complexity index is 848. The number of hydrogen-bond acceptors (Lipinski definition) is 3. The van der Waals surface area contributed by atoms with E-state index in [9.17, 15) is 8.42 Å². The molecule has 0 atom stereocenters. The lowest BCUT2D eigenvalue weighted by Gasteiger charge is -2.11. The van der Waals surface area contributed by atoms with Crippen LogP contribution in [0.4, 0.5) is 5.69 Å². The monoisotopic (exact) mass is 452 g/mol. The van der Waals surface area contributed by atoms with E-state index in [1.54, 1.807) is 18.2 Å². The molecule has 0 radical (unpaired) electrons. The van der Waals surface area contributed by atoms with Gasteiger partial charge in [0.15, 0.2) is 0 Å². The predicted octanol–water partition coefficient (Wildman–Crippen LogP) is 4.27. The smallest absolute Gasteiger partial charge is 0.263 e. The number of nitrogens with zero attached hydrogens (tertiary/aromatic N) is 1. The third-order valence-corrected chi connectivity index (χ3v) is 5.36. The van der Waals surface area contributed by atoms with Crippen LogP contribution in [0.15, 0.2) is 41.3 Å². The molecule has 0 amide bonds. The van der Waals surface area contributed by atoms with Gasteiger partial charge in [-0.05, 0) is 59.0 Å². The van der Waals surface area contributed by atoms with Gasteiger partial charge in [0.25, 0.3) is 10.0 Å². The first-order chi connectivity index (χ1) is 9.83. The summed E-state index contributed by atoms with van der Waals surface area (Å²) in [4.78, 5) is -0.169. The number of halogens is 3. The normalized spacial score (nSPS) is 11.0. The van der Waals surface area contributed by atoms with Crippen molar-refractivity contribution >= 4 is 61.5 Å². The Morgan fingerprint density at radius 3 is 2.43 bits per heavy atom. The molecule has 2 rings (SSSR count). The molecule has 4 nitrogen and oxygen atoms in total. The van der Waals surface area contributed by atoms with Crippen molar-refractivity contribution in [2.75, 3.05) is 4.72 Å². The maximum Gasteiger partial charge on any atom is 0.263 e. The lowest BCUT2D eigenvalue weighted by atomic mass is 10.2. The number of nitriles is 1. The van der Waals surface area contributed by atoms with Gasteiger partial charge in [0.1, 0.15) is 4.90 Å². The third-order valence-electron chi connectivity index (χ3n) is 2.53. The van der Waals surface area contributed by atoms with Crippen molar-refractivity contribution in [1.29, 1.82) is 5.26 Å². The topological polar surface area (TPSA) is 70.0 Å². The zero-order valence-corrected chi connectivity index (χ0v) is 14.8. The molecule has 2 aromatic rings. The van der Waals surface area contributed by atoms with Crippen molar-refractivity contribution in [2.45, 2.75) is 4.90 Å². The predicted molar refractivity (Wildman–Crippen MR) is 91.1 cm³/mol. The minimum atomic E-state index is -3.93. The quantitative estimate of drug-likeness (QED) is 0.707. The molecule has 0 aliphatic carbocycles. The molecule has 0 aliphatic heterocycles. The van der Waals surface area contributed by atoms with Crippen LogP contribution in [0.2, 0.25) is 10.0 Å². The summed E-state index contributed by atoms with van der Waals surface area (Å²) in [5.41, 5.74) is 0.448. The van der Waals surface area contributed by atoms with Gasteiger partial charge < -0.3 is 0 Å². The van der Waals surface area contributed by atoms with Crippen LogP contribution in [0, 0.1) is 14.9 Å². The van der Waals surface area contributed by atoms with E-state index in [-0.39, 0.29) is 26.2 Å². The number of rotatable bonds is 3. The average Bonchev–Trinajstić information content (AvgIpc) is 2.42. The highest BCUT2D eigenvalue weighted by Gasteiger charge is 2.20. The molecule has 21 heavy (non-hydrogen) atoms. The summed E-state index contributed by atoms with van der Waals surface area (Å²) in [5, 5.41) is 9.16. The molecule has 8 heteroatoms. The van der Waals surface area contributed by atoms with Gasteiger partial charge in [-0.2, -0.15) is 5.26 Å². The Balaban J connectivity index is 2.46. The Morgan fingerprint density at radius 2 is 1.81 bits per heavy atom. The minimum Gasteiger partial charge on any atom is -0.278 e. The first kappa shape index (κ1) is 16.4. The molecule has 0 aromatic heterocycles. The third kappa shape index (κ3) is 3.80. The zero-order valence-electron chi connectivity index (χ0n) is 10.3. The fourth-order valence-electron chi connectivity index (χ4n) is 1.55. The summed E-state index contributed by atoms with van der Waals surface area (Å²) in [6, 6.07) is 10.8. The maximum absolute atomic E-state index is 12.4. The van der Waals surface area contributed by atoms with E-state index < -0.39 is 10.0 Å². The lowest BCUT2D eigenvalue weighted by Crippen LogP contribution is -2.14. The highest BCUT2D eigenvalue weighted by Crippen LogP contribution is 2.29. The van der Waals surface area contributed by atoms with Gasteiger partial charge in [0.05, 0.1) is 27.4 Å². The number of nitrogens with one attached hydrogen (secondary N) is 1. The molecule has 0 unspecified atom stereocenters. The van der Waals surface area contributed by atoms with Gasteiger partial charge in [-0.1, -0.05) is 23.2 Å². The summed E-state index contributed by atoms with van der Waals surface area (Å²) in [7, 11) is -3.93. The van der Waals surface area contributed by atoms with E-state index in [1.807, 2.05) is 6.07 Å². The second-order valence-corrected chi connectivity index (χ2v) is 7.70. The van der Waals surface area contributed by atoms with Crippen LogP contribution in [0.3, 0.4) is 0 Å². The Morgan fingerprint density at radius 1 is 1.10 bits per heavy atom. The van der Waals surface area contributed by atoms with E-state index in [0.717, 1.165) is 3.57 Å². The van der Waals surface area contributed by atoms with E-state index in [0.29, 0.717) is 0 Å². The molecule has 0 bridgehead atoms. The van der Waals surface area contributed by atoms with E-state index in [1.165, 1.54) is 18.2 Å². The van der Waals surface area contributed by atoms with Gasteiger partial charge in [0.2, 0.25) is 0 Å². The van der Waals surface area contributed by atoms with Crippen molar-refractivity contribution in [3.05, 3.63) is 55.6 Å². The molecule has 0 spiro atoms. The summed E-state index contributed by atoms with van der Waals surface area (Å²) in [5.74, 6) is 0. The first-order valence-corrected chi connectivity index (χ1v) is 8.83. The van der Waals surface area contributed by atoms with Gasteiger partial charge in [-0.25, -0.2) is 8.42 Å². The van der Waals surface area contributed by atoms with E-state index >= 15 is 0 Å². The molecule has 0 aliphatic rings. The molecule has 0 saturated carbocycles. The van der Waals surface area contributed by atoms with Crippen molar-refractivity contribution < 1.29 is 8.42 Å². The highest BCUT2D eigenvalue weighted by molar-refractivity contribution is 14.1. The standard InChI is InChI=1S/C13H7Cl2IN2O2S/c14-10-3-1-8(7-17)5-13(10)21(19,20)18-12-4-2-9(16)6-11(12)15/h1-6,18H. The Labute approximate surface area is 145 Å². The van der Waals surface area contributed by atoms with Crippen molar-refractivity contribution in [2.24, 2.45) is 0 Å². The van der Waals surface area contributed by atoms with Crippen molar-refractivity contribution in [3.63, 3.8) is 0 Å². The molecule has 0 fully saturated rings.